The molecule has 2 rings (SSSR count). The second-order valence-electron chi connectivity index (χ2n) is 4.55. The van der Waals surface area contributed by atoms with Gasteiger partial charge in [0.2, 0.25) is 0 Å². The van der Waals surface area contributed by atoms with Gasteiger partial charge in [-0.1, -0.05) is 19.1 Å². The monoisotopic (exact) mass is 229 g/mol. The van der Waals surface area contributed by atoms with Crippen LogP contribution in [0.4, 0.5) is 0 Å². The van der Waals surface area contributed by atoms with Crippen LogP contribution in [0.3, 0.4) is 0 Å². The zero-order chi connectivity index (χ0) is 12.4. The number of rotatable bonds is 4. The zero-order valence-electron chi connectivity index (χ0n) is 10.3. The number of carbonyl (C=O) groups excluding carboxylic acids is 1. The van der Waals surface area contributed by atoms with Gasteiger partial charge in [0.1, 0.15) is 5.75 Å². The molecular weight excluding hydrogens is 212 g/mol. The predicted octanol–water partition coefficient (Wildman–Crippen LogP) is 3.62. The normalized spacial score (nSPS) is 14.8. The highest BCUT2D eigenvalue weighted by atomic mass is 16.5. The average Bonchev–Trinajstić information content (AvgIpc) is 3.10. The quantitative estimate of drug-likeness (QED) is 0.582. The molecule has 0 aromatic heterocycles. The highest BCUT2D eigenvalue weighted by Crippen LogP contribution is 2.42. The van der Waals surface area contributed by atoms with E-state index in [2.05, 4.69) is 12.6 Å². The molecular formula is C15H17O2. The van der Waals surface area contributed by atoms with Crippen LogP contribution in [-0.2, 0) is 4.79 Å². The van der Waals surface area contributed by atoms with Crippen molar-refractivity contribution in [2.24, 2.45) is 0 Å². The number of hydrogen-bond acceptors (Lipinski definition) is 2. The molecule has 0 atom stereocenters. The van der Waals surface area contributed by atoms with Gasteiger partial charge in [0, 0.05) is 12.8 Å². The van der Waals surface area contributed by atoms with Crippen molar-refractivity contribution in [1.82, 2.24) is 0 Å². The Labute approximate surface area is 102 Å². The van der Waals surface area contributed by atoms with Gasteiger partial charge in [-0.3, -0.25) is 4.79 Å². The molecule has 0 bridgehead atoms. The summed E-state index contributed by atoms with van der Waals surface area (Å²) in [7, 11) is 0. The summed E-state index contributed by atoms with van der Waals surface area (Å²) in [6, 6.07) is 6.03. The molecule has 2 nitrogen and oxygen atoms in total. The smallest absolute Gasteiger partial charge is 0.308 e. The van der Waals surface area contributed by atoms with Crippen molar-refractivity contribution >= 4 is 5.97 Å². The number of benzene rings is 1. The Bertz CT molecular complexity index is 444. The van der Waals surface area contributed by atoms with E-state index in [9.17, 15) is 4.79 Å². The SMILES string of the molecule is C=C[C](C)c1cc(OC(C)=O)cc(C2CC2)c1. The summed E-state index contributed by atoms with van der Waals surface area (Å²) in [6.07, 6.45) is 4.29. The van der Waals surface area contributed by atoms with E-state index in [1.54, 1.807) is 0 Å². The fourth-order valence-corrected chi connectivity index (χ4v) is 1.84. The molecule has 1 aromatic rings. The van der Waals surface area contributed by atoms with Gasteiger partial charge >= 0.3 is 5.97 Å². The molecule has 0 N–H and O–H groups in total. The molecule has 1 aromatic carbocycles. The summed E-state index contributed by atoms with van der Waals surface area (Å²) >= 11 is 0. The topological polar surface area (TPSA) is 26.3 Å². The van der Waals surface area contributed by atoms with Crippen LogP contribution in [-0.4, -0.2) is 5.97 Å². The van der Waals surface area contributed by atoms with Crippen molar-refractivity contribution in [2.75, 3.05) is 0 Å². The van der Waals surface area contributed by atoms with Gasteiger partial charge in [-0.2, -0.15) is 0 Å². The molecule has 0 aliphatic heterocycles. The van der Waals surface area contributed by atoms with E-state index in [1.807, 2.05) is 25.1 Å². The van der Waals surface area contributed by atoms with E-state index in [0.29, 0.717) is 11.7 Å². The second-order valence-corrected chi connectivity index (χ2v) is 4.55. The maximum atomic E-state index is 11.0. The fourth-order valence-electron chi connectivity index (χ4n) is 1.84. The first-order chi connectivity index (χ1) is 8.10. The lowest BCUT2D eigenvalue weighted by Crippen LogP contribution is -2.03. The highest BCUT2D eigenvalue weighted by molar-refractivity contribution is 5.69. The van der Waals surface area contributed by atoms with Gasteiger partial charge in [-0.25, -0.2) is 0 Å². The first-order valence-corrected chi connectivity index (χ1v) is 5.90. The van der Waals surface area contributed by atoms with Crippen molar-refractivity contribution in [2.45, 2.75) is 32.6 Å². The van der Waals surface area contributed by atoms with Gasteiger partial charge in [0.25, 0.3) is 0 Å². The number of ether oxygens (including phenoxy) is 1. The molecule has 1 saturated carbocycles. The number of allylic oxidation sites excluding steroid dienone is 1. The summed E-state index contributed by atoms with van der Waals surface area (Å²) < 4.78 is 5.18. The molecule has 1 radical (unpaired) electrons. The third-order valence-electron chi connectivity index (χ3n) is 3.00. The molecule has 0 heterocycles. The van der Waals surface area contributed by atoms with Crippen molar-refractivity contribution < 1.29 is 9.53 Å². The van der Waals surface area contributed by atoms with Crippen molar-refractivity contribution in [1.29, 1.82) is 0 Å². The standard InChI is InChI=1S/C15H17O2/c1-4-10(2)13-7-14(12-5-6-12)9-15(8-13)17-11(3)16/h4,7-9,12H,1,5-6H2,2-3H3. The van der Waals surface area contributed by atoms with E-state index < -0.39 is 0 Å². The summed E-state index contributed by atoms with van der Waals surface area (Å²) in [4.78, 5) is 11.0. The molecule has 17 heavy (non-hydrogen) atoms. The van der Waals surface area contributed by atoms with E-state index in [-0.39, 0.29) is 5.97 Å². The Hall–Kier alpha value is -1.57. The molecule has 1 fully saturated rings. The Morgan fingerprint density at radius 2 is 2.06 bits per heavy atom. The van der Waals surface area contributed by atoms with Crippen LogP contribution >= 0.6 is 0 Å². The maximum Gasteiger partial charge on any atom is 0.308 e. The molecule has 0 spiro atoms. The third-order valence-corrected chi connectivity index (χ3v) is 3.00. The minimum atomic E-state index is -0.278. The zero-order valence-corrected chi connectivity index (χ0v) is 10.3. The molecule has 0 saturated heterocycles. The number of esters is 1. The van der Waals surface area contributed by atoms with E-state index in [4.69, 9.17) is 4.74 Å². The van der Waals surface area contributed by atoms with Gasteiger partial charge in [-0.05, 0) is 42.0 Å². The van der Waals surface area contributed by atoms with Crippen LogP contribution in [0.15, 0.2) is 30.9 Å². The Balaban J connectivity index is 2.34. The van der Waals surface area contributed by atoms with Crippen molar-refractivity contribution in [3.63, 3.8) is 0 Å². The Morgan fingerprint density at radius 1 is 1.35 bits per heavy atom. The number of carbonyl (C=O) groups is 1. The lowest BCUT2D eigenvalue weighted by atomic mass is 9.97. The first kappa shape index (κ1) is 11.9. The molecule has 1 aliphatic rings. The molecule has 89 valence electrons. The minimum Gasteiger partial charge on any atom is -0.427 e. The minimum absolute atomic E-state index is 0.278. The van der Waals surface area contributed by atoms with Crippen LogP contribution in [0.25, 0.3) is 0 Å². The summed E-state index contributed by atoms with van der Waals surface area (Å²) in [6.45, 7) is 7.21. The van der Waals surface area contributed by atoms with Crippen molar-refractivity contribution in [3.05, 3.63) is 47.9 Å². The van der Waals surface area contributed by atoms with Gasteiger partial charge < -0.3 is 4.74 Å². The lowest BCUT2D eigenvalue weighted by molar-refractivity contribution is -0.131. The van der Waals surface area contributed by atoms with Crippen LogP contribution in [0.1, 0.15) is 43.7 Å². The highest BCUT2D eigenvalue weighted by Gasteiger charge is 2.25. The number of hydrogen-bond donors (Lipinski definition) is 0. The average molecular weight is 229 g/mol. The van der Waals surface area contributed by atoms with Gasteiger partial charge in [0.05, 0.1) is 0 Å². The van der Waals surface area contributed by atoms with Gasteiger partial charge in [0.15, 0.2) is 0 Å². The van der Waals surface area contributed by atoms with E-state index >= 15 is 0 Å². The van der Waals surface area contributed by atoms with Crippen LogP contribution in [0, 0.1) is 5.92 Å². The van der Waals surface area contributed by atoms with Crippen LogP contribution in [0.2, 0.25) is 0 Å². The fraction of sp³-hybridized carbons (Fsp3) is 0.333. The molecule has 1 aliphatic carbocycles. The molecule has 2 heteroatoms. The van der Waals surface area contributed by atoms with E-state index in [1.165, 1.54) is 25.3 Å². The van der Waals surface area contributed by atoms with Crippen molar-refractivity contribution in [3.8, 4) is 5.75 Å². The molecule has 0 amide bonds. The Morgan fingerprint density at radius 3 is 2.59 bits per heavy atom. The Kier molecular flexibility index (Phi) is 3.32. The second kappa shape index (κ2) is 4.74. The summed E-state index contributed by atoms with van der Waals surface area (Å²) in [5.74, 6) is 2.10. The van der Waals surface area contributed by atoms with Crippen LogP contribution < -0.4 is 4.74 Å². The first-order valence-electron chi connectivity index (χ1n) is 5.90. The largest absolute Gasteiger partial charge is 0.427 e. The van der Waals surface area contributed by atoms with Gasteiger partial charge in [-0.15, -0.1) is 6.58 Å². The lowest BCUT2D eigenvalue weighted by Gasteiger charge is -2.11. The predicted molar refractivity (Wildman–Crippen MR) is 67.9 cm³/mol. The third kappa shape index (κ3) is 2.96. The summed E-state index contributed by atoms with van der Waals surface area (Å²) in [5, 5.41) is 0. The molecule has 0 unspecified atom stereocenters. The summed E-state index contributed by atoms with van der Waals surface area (Å²) in [5.41, 5.74) is 2.35. The maximum absolute atomic E-state index is 11.0. The van der Waals surface area contributed by atoms with Crippen LogP contribution in [0.5, 0.6) is 5.75 Å². The van der Waals surface area contributed by atoms with E-state index in [0.717, 1.165) is 11.5 Å².